The second kappa shape index (κ2) is 44.8. The molecule has 0 fully saturated rings. The van der Waals surface area contributed by atoms with E-state index in [1.807, 2.05) is 0 Å². The van der Waals surface area contributed by atoms with Crippen molar-refractivity contribution in [3.63, 3.8) is 0 Å². The van der Waals surface area contributed by atoms with Crippen LogP contribution in [0.4, 0.5) is 0 Å². The first-order chi connectivity index (χ1) is 0. The SMILES string of the molecule is [Ba+2].[OH-].[OH-].[OH-].[OH-].[Sr+2]. The molecule has 0 aromatic rings. The average molecular weight is 293 g/mol. The molecule has 0 aliphatic carbocycles. The molecule has 6 heteroatoms. The third kappa shape index (κ3) is 28.6. The van der Waals surface area contributed by atoms with Crippen LogP contribution in [0.2, 0.25) is 0 Å². The van der Waals surface area contributed by atoms with E-state index in [1.165, 1.54) is 0 Å². The Morgan fingerprint density at radius 3 is 0.500 bits per heavy atom. The van der Waals surface area contributed by atoms with Crippen LogP contribution in [-0.2, 0) is 0 Å². The Morgan fingerprint density at radius 1 is 0.500 bits per heavy atom. The summed E-state index contributed by atoms with van der Waals surface area (Å²) in [6, 6.07) is 0. The van der Waals surface area contributed by atoms with Gasteiger partial charge in [-0.3, -0.25) is 0 Å². The van der Waals surface area contributed by atoms with Crippen molar-refractivity contribution < 1.29 is 21.9 Å². The minimum atomic E-state index is 0. The van der Waals surface area contributed by atoms with Gasteiger partial charge < -0.3 is 21.9 Å². The summed E-state index contributed by atoms with van der Waals surface area (Å²) < 4.78 is 0. The van der Waals surface area contributed by atoms with Crippen LogP contribution in [0.1, 0.15) is 0 Å². The maximum Gasteiger partial charge on any atom is 2.00 e. The zero-order chi connectivity index (χ0) is 0. The van der Waals surface area contributed by atoms with Crippen LogP contribution in [0.25, 0.3) is 0 Å². The van der Waals surface area contributed by atoms with Gasteiger partial charge in [-0.1, -0.05) is 0 Å². The van der Waals surface area contributed by atoms with Crippen LogP contribution in [0, 0.1) is 0 Å². The van der Waals surface area contributed by atoms with Crippen LogP contribution in [0.3, 0.4) is 0 Å². The van der Waals surface area contributed by atoms with E-state index in [9.17, 15) is 0 Å². The van der Waals surface area contributed by atoms with Gasteiger partial charge in [-0.05, 0) is 0 Å². The van der Waals surface area contributed by atoms with Crippen molar-refractivity contribution in [1.29, 1.82) is 0 Å². The van der Waals surface area contributed by atoms with E-state index < -0.39 is 0 Å². The van der Waals surface area contributed by atoms with Gasteiger partial charge in [0.2, 0.25) is 0 Å². The van der Waals surface area contributed by atoms with Crippen molar-refractivity contribution in [2.75, 3.05) is 0 Å². The maximum absolute atomic E-state index is 0. The molecule has 32 valence electrons. The summed E-state index contributed by atoms with van der Waals surface area (Å²) in [7, 11) is 0. The molecule has 0 bridgehead atoms. The van der Waals surface area contributed by atoms with Gasteiger partial charge in [0.25, 0.3) is 0 Å². The van der Waals surface area contributed by atoms with Crippen molar-refractivity contribution in [2.24, 2.45) is 0 Å². The van der Waals surface area contributed by atoms with Crippen molar-refractivity contribution >= 4 is 94.4 Å². The number of rotatable bonds is 0. The summed E-state index contributed by atoms with van der Waals surface area (Å²) in [6.45, 7) is 0. The summed E-state index contributed by atoms with van der Waals surface area (Å²) in [5, 5.41) is 0. The summed E-state index contributed by atoms with van der Waals surface area (Å²) in [4.78, 5) is 0. The molecule has 0 radical (unpaired) electrons. The summed E-state index contributed by atoms with van der Waals surface area (Å²) in [5.74, 6) is 0. The van der Waals surface area contributed by atoms with Crippen molar-refractivity contribution in [1.82, 2.24) is 0 Å². The fraction of sp³-hybridized carbons (Fsp3) is 0. The van der Waals surface area contributed by atoms with Gasteiger partial charge in [-0.15, -0.1) is 0 Å². The second-order valence-corrected chi connectivity index (χ2v) is 0. The molecule has 0 heterocycles. The molecule has 0 aromatic heterocycles. The first kappa shape index (κ1) is 66.2. The van der Waals surface area contributed by atoms with Crippen LogP contribution < -0.4 is 0 Å². The zero-order valence-electron chi connectivity index (χ0n) is 3.20. The van der Waals surface area contributed by atoms with Gasteiger partial charge in [-0.2, -0.15) is 0 Å². The van der Waals surface area contributed by atoms with Crippen LogP contribution in [0.15, 0.2) is 0 Å². The maximum atomic E-state index is 0. The fourth-order valence-corrected chi connectivity index (χ4v) is 0. The Balaban J connectivity index is 0. The molecular weight excluding hydrogens is 289 g/mol. The van der Waals surface area contributed by atoms with Gasteiger partial charge in [0, 0.05) is 0 Å². The van der Waals surface area contributed by atoms with E-state index in [0.29, 0.717) is 0 Å². The van der Waals surface area contributed by atoms with E-state index in [2.05, 4.69) is 0 Å². The van der Waals surface area contributed by atoms with E-state index in [0.717, 1.165) is 0 Å². The zero-order valence-corrected chi connectivity index (χ0v) is 11.1. The molecule has 0 saturated carbocycles. The molecule has 0 aliphatic rings. The largest absolute Gasteiger partial charge is 2.00 e. The fourth-order valence-electron chi connectivity index (χ4n) is 0. The summed E-state index contributed by atoms with van der Waals surface area (Å²) in [5.41, 5.74) is 0. The quantitative estimate of drug-likeness (QED) is 0.506. The Kier molecular flexibility index (Phi) is 495. The molecule has 0 atom stereocenters. The molecule has 0 aliphatic heterocycles. The van der Waals surface area contributed by atoms with Crippen molar-refractivity contribution in [3.8, 4) is 0 Å². The predicted octanol–water partition coefficient (Wildman–Crippen LogP) is -1.47. The number of hydrogen-bond acceptors (Lipinski definition) is 4. The molecular formula is H4BaO4Sr. The van der Waals surface area contributed by atoms with Crippen LogP contribution in [0.5, 0.6) is 0 Å². The number of hydrogen-bond donors (Lipinski definition) is 0. The first-order valence-corrected chi connectivity index (χ1v) is 0. The molecule has 0 rings (SSSR count). The normalized spacial score (nSPS) is 0. The smallest absolute Gasteiger partial charge is 0.870 e. The van der Waals surface area contributed by atoms with Gasteiger partial charge in [0.05, 0.1) is 0 Å². The molecule has 0 amide bonds. The Bertz CT molecular complexity index is 7.51. The van der Waals surface area contributed by atoms with E-state index >= 15 is 0 Å². The third-order valence-corrected chi connectivity index (χ3v) is 0. The molecule has 0 spiro atoms. The Hall–Kier alpha value is 2.89. The monoisotopic (exact) mass is 294 g/mol. The minimum absolute atomic E-state index is 0. The minimum Gasteiger partial charge on any atom is -0.870 e. The van der Waals surface area contributed by atoms with Crippen molar-refractivity contribution in [2.45, 2.75) is 0 Å². The van der Waals surface area contributed by atoms with Gasteiger partial charge >= 0.3 is 94.4 Å². The summed E-state index contributed by atoms with van der Waals surface area (Å²) in [6.07, 6.45) is 0. The molecule has 4 nitrogen and oxygen atoms in total. The average Bonchev–Trinajstić information content (AvgIpc) is 0. The molecule has 6 heavy (non-hydrogen) atoms. The molecule has 4 N–H and O–H groups in total. The van der Waals surface area contributed by atoms with Crippen LogP contribution in [-0.4, -0.2) is 116 Å². The standard InChI is InChI=1S/Ba.4H2O.Sr/h;4*1H2;/q+2;;;;;+2/p-4. The van der Waals surface area contributed by atoms with Gasteiger partial charge in [0.1, 0.15) is 0 Å². The van der Waals surface area contributed by atoms with E-state index in [1.54, 1.807) is 0 Å². The van der Waals surface area contributed by atoms with Gasteiger partial charge in [0.15, 0.2) is 0 Å². The van der Waals surface area contributed by atoms with Crippen molar-refractivity contribution in [3.05, 3.63) is 0 Å². The summed E-state index contributed by atoms with van der Waals surface area (Å²) >= 11 is 0. The Labute approximate surface area is 113 Å². The van der Waals surface area contributed by atoms with Crippen LogP contribution >= 0.6 is 0 Å². The first-order valence-electron chi connectivity index (χ1n) is 0. The van der Waals surface area contributed by atoms with E-state index in [4.69, 9.17) is 0 Å². The second-order valence-electron chi connectivity index (χ2n) is 0. The van der Waals surface area contributed by atoms with Gasteiger partial charge in [-0.25, -0.2) is 0 Å². The Morgan fingerprint density at radius 2 is 0.500 bits per heavy atom. The predicted molar refractivity (Wildman–Crippen MR) is 19.3 cm³/mol. The topological polar surface area (TPSA) is 120 Å². The molecule has 0 aromatic carbocycles. The van der Waals surface area contributed by atoms with E-state index in [-0.39, 0.29) is 116 Å². The third-order valence-electron chi connectivity index (χ3n) is 0. The molecule has 0 unspecified atom stereocenters. The molecule has 0 saturated heterocycles.